The monoisotopic (exact) mass is 420 g/mol. The van der Waals surface area contributed by atoms with E-state index in [1.54, 1.807) is 0 Å². The Morgan fingerprint density at radius 1 is 1.06 bits per heavy atom. The minimum atomic E-state index is -0.200. The molecule has 6 nitrogen and oxygen atoms in total. The van der Waals surface area contributed by atoms with E-state index in [2.05, 4.69) is 42.7 Å². The fourth-order valence-corrected chi connectivity index (χ4v) is 4.05. The largest absolute Gasteiger partial charge is 0.424 e. The quantitative estimate of drug-likeness (QED) is 0.300. The Balaban J connectivity index is 2.01. The van der Waals surface area contributed by atoms with Crippen molar-refractivity contribution in [3.05, 3.63) is 36.3 Å². The Bertz CT molecular complexity index is 1220. The van der Waals surface area contributed by atoms with Gasteiger partial charge in [-0.25, -0.2) is 9.97 Å². The third-order valence-corrected chi connectivity index (χ3v) is 6.03. The van der Waals surface area contributed by atoms with Gasteiger partial charge in [-0.05, 0) is 38.3 Å². The molecule has 0 amide bonds. The number of nitrogens with zero attached hydrogens (tertiary/aromatic N) is 4. The summed E-state index contributed by atoms with van der Waals surface area (Å²) in [6.07, 6.45) is 8.14. The molecule has 0 bridgehead atoms. The smallest absolute Gasteiger partial charge is 0.311 e. The Hall–Kier alpha value is -2.89. The maximum absolute atomic E-state index is 12.5. The summed E-state index contributed by atoms with van der Waals surface area (Å²) in [5.41, 5.74) is 3.63. The summed E-state index contributed by atoms with van der Waals surface area (Å²) in [7, 11) is 0. The van der Waals surface area contributed by atoms with Crippen LogP contribution in [0.5, 0.6) is 5.75 Å². The van der Waals surface area contributed by atoms with Crippen molar-refractivity contribution in [2.75, 3.05) is 0 Å². The molecule has 4 aromatic rings. The van der Waals surface area contributed by atoms with Gasteiger partial charge in [0.1, 0.15) is 16.9 Å². The molecule has 1 atom stereocenters. The molecule has 31 heavy (non-hydrogen) atoms. The van der Waals surface area contributed by atoms with Crippen molar-refractivity contribution in [3.8, 4) is 5.75 Å². The summed E-state index contributed by atoms with van der Waals surface area (Å²) >= 11 is 0. The molecule has 6 heteroatoms. The van der Waals surface area contributed by atoms with Gasteiger partial charge in [-0.2, -0.15) is 0 Å². The van der Waals surface area contributed by atoms with Crippen LogP contribution in [-0.4, -0.2) is 24.9 Å². The van der Waals surface area contributed by atoms with Gasteiger partial charge in [-0.3, -0.25) is 9.20 Å². The highest BCUT2D eigenvalue weighted by Crippen LogP contribution is 2.36. The van der Waals surface area contributed by atoms with Crippen molar-refractivity contribution >= 4 is 33.7 Å². The molecule has 0 aliphatic rings. The van der Waals surface area contributed by atoms with Gasteiger partial charge in [0.15, 0.2) is 11.4 Å². The number of carbonyl (C=O) groups excluding carboxylic acids is 1. The normalized spacial score (nSPS) is 12.8. The number of benzene rings is 1. The lowest BCUT2D eigenvalue weighted by molar-refractivity contribution is -0.134. The number of carbonyl (C=O) groups is 1. The van der Waals surface area contributed by atoms with Crippen molar-refractivity contribution in [2.24, 2.45) is 0 Å². The first kappa shape index (κ1) is 21.3. The molecular formula is C25H32N4O2. The average Bonchev–Trinajstić information content (AvgIpc) is 3.34. The minimum Gasteiger partial charge on any atom is -0.424 e. The molecule has 1 unspecified atom stereocenters. The fraction of sp³-hybridized carbons (Fsp3) is 0.480. The highest BCUT2D eigenvalue weighted by molar-refractivity contribution is 6.01. The van der Waals surface area contributed by atoms with E-state index in [1.165, 1.54) is 0 Å². The van der Waals surface area contributed by atoms with Gasteiger partial charge in [0, 0.05) is 25.1 Å². The number of rotatable bonds is 9. The molecule has 0 aliphatic carbocycles. The molecule has 0 N–H and O–H groups in total. The first-order valence-electron chi connectivity index (χ1n) is 11.6. The van der Waals surface area contributed by atoms with Crippen LogP contribution in [0.4, 0.5) is 0 Å². The SMILES string of the molecule is CCCCC(=O)Oc1cn(C(C)CC)c2nc(CCCC)n3c4ccccc4nc3c12. The van der Waals surface area contributed by atoms with E-state index in [0.717, 1.165) is 72.1 Å². The summed E-state index contributed by atoms with van der Waals surface area (Å²) < 4.78 is 10.2. The zero-order chi connectivity index (χ0) is 22.0. The van der Waals surface area contributed by atoms with Crippen LogP contribution in [0.15, 0.2) is 30.5 Å². The predicted octanol–water partition coefficient (Wildman–Crippen LogP) is 6.25. The van der Waals surface area contributed by atoms with Gasteiger partial charge in [0.2, 0.25) is 0 Å². The third-order valence-electron chi connectivity index (χ3n) is 6.03. The van der Waals surface area contributed by atoms with Crippen molar-refractivity contribution < 1.29 is 9.53 Å². The Morgan fingerprint density at radius 3 is 2.58 bits per heavy atom. The first-order valence-corrected chi connectivity index (χ1v) is 11.6. The van der Waals surface area contributed by atoms with E-state index < -0.39 is 0 Å². The molecule has 0 fully saturated rings. The maximum Gasteiger partial charge on any atom is 0.311 e. The second-order valence-corrected chi connectivity index (χ2v) is 8.33. The fourth-order valence-electron chi connectivity index (χ4n) is 4.05. The summed E-state index contributed by atoms with van der Waals surface area (Å²) in [6, 6.07) is 8.37. The number of para-hydroxylation sites is 2. The number of unbranched alkanes of at least 4 members (excludes halogenated alkanes) is 2. The first-order chi connectivity index (χ1) is 15.1. The number of aromatic nitrogens is 4. The Kier molecular flexibility index (Phi) is 6.25. The number of esters is 1. The highest BCUT2D eigenvalue weighted by atomic mass is 16.5. The number of aryl methyl sites for hydroxylation is 1. The van der Waals surface area contributed by atoms with E-state index in [1.807, 2.05) is 24.4 Å². The van der Waals surface area contributed by atoms with E-state index >= 15 is 0 Å². The lowest BCUT2D eigenvalue weighted by Crippen LogP contribution is -2.07. The van der Waals surface area contributed by atoms with Gasteiger partial charge >= 0.3 is 5.97 Å². The summed E-state index contributed by atoms with van der Waals surface area (Å²) in [4.78, 5) is 22.6. The van der Waals surface area contributed by atoms with Gasteiger partial charge < -0.3 is 9.30 Å². The number of fused-ring (bicyclic) bond motifs is 5. The van der Waals surface area contributed by atoms with E-state index in [0.29, 0.717) is 12.2 Å². The van der Waals surface area contributed by atoms with Crippen molar-refractivity contribution in [3.63, 3.8) is 0 Å². The second-order valence-electron chi connectivity index (χ2n) is 8.33. The lowest BCUT2D eigenvalue weighted by atomic mass is 10.2. The molecule has 0 saturated heterocycles. The van der Waals surface area contributed by atoms with Crippen LogP contribution in [0.2, 0.25) is 0 Å². The van der Waals surface area contributed by atoms with Crippen molar-refractivity contribution in [2.45, 2.75) is 78.7 Å². The zero-order valence-electron chi connectivity index (χ0n) is 19.0. The molecule has 164 valence electrons. The average molecular weight is 421 g/mol. The van der Waals surface area contributed by atoms with Gasteiger partial charge in [0.05, 0.1) is 11.0 Å². The number of hydrogen-bond donors (Lipinski definition) is 0. The predicted molar refractivity (Wildman–Crippen MR) is 125 cm³/mol. The molecule has 1 aromatic carbocycles. The van der Waals surface area contributed by atoms with Crippen molar-refractivity contribution in [1.29, 1.82) is 0 Å². The standard InChI is InChI=1S/C25H32N4O2/c1-5-8-14-21-27-24-23(25-26-18-12-10-11-13-19(18)29(21)25)20(16-28(24)17(4)7-3)31-22(30)15-9-6-2/h10-13,16-17H,5-9,14-15H2,1-4H3. The molecule has 3 aromatic heterocycles. The number of ether oxygens (including phenoxy) is 1. The number of imidazole rings is 1. The van der Waals surface area contributed by atoms with Crippen LogP contribution >= 0.6 is 0 Å². The van der Waals surface area contributed by atoms with Crippen LogP contribution in [0.25, 0.3) is 27.7 Å². The van der Waals surface area contributed by atoms with Gasteiger partial charge in [-0.1, -0.05) is 45.7 Å². The van der Waals surface area contributed by atoms with Crippen LogP contribution in [-0.2, 0) is 11.2 Å². The van der Waals surface area contributed by atoms with Crippen LogP contribution in [0, 0.1) is 0 Å². The summed E-state index contributed by atoms with van der Waals surface area (Å²) in [6.45, 7) is 8.59. The van der Waals surface area contributed by atoms with Crippen LogP contribution in [0.1, 0.15) is 78.1 Å². The topological polar surface area (TPSA) is 61.4 Å². The molecule has 3 heterocycles. The minimum absolute atomic E-state index is 0.200. The Morgan fingerprint density at radius 2 is 1.84 bits per heavy atom. The van der Waals surface area contributed by atoms with Gasteiger partial charge in [-0.15, -0.1) is 0 Å². The van der Waals surface area contributed by atoms with E-state index in [4.69, 9.17) is 14.7 Å². The highest BCUT2D eigenvalue weighted by Gasteiger charge is 2.23. The second kappa shape index (κ2) is 9.08. The van der Waals surface area contributed by atoms with E-state index in [9.17, 15) is 4.79 Å². The summed E-state index contributed by atoms with van der Waals surface area (Å²) in [5, 5.41) is 0.821. The molecule has 4 rings (SSSR count). The lowest BCUT2D eigenvalue weighted by Gasteiger charge is -2.13. The van der Waals surface area contributed by atoms with Crippen LogP contribution < -0.4 is 4.74 Å². The Labute approximate surface area is 183 Å². The zero-order valence-corrected chi connectivity index (χ0v) is 19.0. The van der Waals surface area contributed by atoms with Gasteiger partial charge in [0.25, 0.3) is 0 Å². The maximum atomic E-state index is 12.5. The van der Waals surface area contributed by atoms with Crippen molar-refractivity contribution in [1.82, 2.24) is 18.9 Å². The molecule has 0 saturated carbocycles. The molecular weight excluding hydrogens is 388 g/mol. The van der Waals surface area contributed by atoms with E-state index in [-0.39, 0.29) is 12.0 Å². The molecule has 0 spiro atoms. The third kappa shape index (κ3) is 3.91. The summed E-state index contributed by atoms with van der Waals surface area (Å²) in [5.74, 6) is 1.37. The molecule has 0 radical (unpaired) electrons. The molecule has 0 aliphatic heterocycles. The van der Waals surface area contributed by atoms with Crippen LogP contribution in [0.3, 0.4) is 0 Å². The number of hydrogen-bond acceptors (Lipinski definition) is 4.